The van der Waals surface area contributed by atoms with Gasteiger partial charge in [-0.2, -0.15) is 0 Å². The van der Waals surface area contributed by atoms with Crippen LogP contribution in [-0.4, -0.2) is 141 Å². The molecule has 0 aromatic carbocycles. The molecule has 0 spiro atoms. The van der Waals surface area contributed by atoms with Crippen molar-refractivity contribution in [1.29, 1.82) is 0 Å². The van der Waals surface area contributed by atoms with Crippen molar-refractivity contribution in [1.82, 2.24) is 44.4 Å². The first-order valence-corrected chi connectivity index (χ1v) is 26.9. The lowest BCUT2D eigenvalue weighted by Gasteiger charge is -2.48. The maximum absolute atomic E-state index is 15.2. The first-order chi connectivity index (χ1) is 32.8. The molecule has 3 N–H and O–H groups in total. The fourth-order valence-electron chi connectivity index (χ4n) is 14.5. The third-order valence-corrected chi connectivity index (χ3v) is 16.5. The number of nitrogens with one attached hydrogen (secondary N) is 3. The number of aromatic nitrogens is 3. The molecule has 0 radical (unpaired) electrons. The van der Waals surface area contributed by atoms with Crippen LogP contribution in [-0.2, 0) is 33.8 Å². The molecule has 71 heavy (non-hydrogen) atoms. The molecule has 18 heteroatoms. The predicted octanol–water partition coefficient (Wildman–Crippen LogP) is 5.99. The smallest absolute Gasteiger partial charge is 0.407 e. The Morgan fingerprint density at radius 2 is 0.803 bits per heavy atom. The molecule has 402 valence electrons. The lowest BCUT2D eigenvalue weighted by atomic mass is 9.62. The molecule has 1 aromatic heterocycles. The van der Waals surface area contributed by atoms with E-state index in [1.165, 1.54) is 13.7 Å². The number of carbonyl (C=O) groups excluding carboxylic acids is 3. The summed E-state index contributed by atoms with van der Waals surface area (Å²) in [7, 11) is 0. The summed E-state index contributed by atoms with van der Waals surface area (Å²) in [4.78, 5) is 92.0. The van der Waals surface area contributed by atoms with Gasteiger partial charge in [-0.25, -0.2) is 42.5 Å². The van der Waals surface area contributed by atoms with E-state index in [4.69, 9.17) is 14.2 Å². The first-order valence-electron chi connectivity index (χ1n) is 26.9. The highest BCUT2D eigenvalue weighted by Gasteiger charge is 2.47. The molecule has 3 amide bonds. The van der Waals surface area contributed by atoms with Gasteiger partial charge in [0.05, 0.1) is 0 Å². The summed E-state index contributed by atoms with van der Waals surface area (Å²) in [5.41, 5.74) is -4.69. The van der Waals surface area contributed by atoms with Crippen molar-refractivity contribution in [3.05, 3.63) is 31.5 Å². The Morgan fingerprint density at radius 3 is 1.10 bits per heavy atom. The average Bonchev–Trinajstić information content (AvgIpc) is 4.15. The molecule has 3 aliphatic heterocycles. The molecule has 3 saturated heterocycles. The van der Waals surface area contributed by atoms with E-state index in [1.807, 2.05) is 13.8 Å². The van der Waals surface area contributed by atoms with Crippen molar-refractivity contribution in [2.75, 3.05) is 45.9 Å². The van der Waals surface area contributed by atoms with E-state index in [9.17, 15) is 14.4 Å². The predicted molar refractivity (Wildman–Crippen MR) is 274 cm³/mol. The molecular weight excluding hydrogens is 907 g/mol. The molecule has 0 bridgehead atoms. The van der Waals surface area contributed by atoms with Gasteiger partial charge < -0.3 is 30.2 Å². The van der Waals surface area contributed by atoms with E-state index in [-0.39, 0.29) is 66.2 Å². The van der Waals surface area contributed by atoms with Gasteiger partial charge in [-0.15, -0.1) is 0 Å². The van der Waals surface area contributed by atoms with E-state index >= 15 is 14.4 Å². The minimum Gasteiger partial charge on any atom is -0.448 e. The van der Waals surface area contributed by atoms with Gasteiger partial charge in [-0.05, 0) is 125 Å². The molecule has 1 aromatic rings. The van der Waals surface area contributed by atoms with Crippen molar-refractivity contribution in [3.63, 3.8) is 0 Å². The van der Waals surface area contributed by atoms with Crippen LogP contribution in [0.5, 0.6) is 0 Å². The van der Waals surface area contributed by atoms with Crippen molar-refractivity contribution in [2.45, 2.75) is 223 Å². The minimum atomic E-state index is -0.664. The molecular formula is C53H91N9O9. The molecule has 14 unspecified atom stereocenters. The Morgan fingerprint density at radius 1 is 0.507 bits per heavy atom. The second-order valence-electron chi connectivity index (χ2n) is 27.3. The molecule has 7 rings (SSSR count). The zero-order valence-electron chi connectivity index (χ0n) is 45.9. The molecule has 6 fully saturated rings. The van der Waals surface area contributed by atoms with E-state index < -0.39 is 51.6 Å². The van der Waals surface area contributed by atoms with Gasteiger partial charge >= 0.3 is 35.3 Å². The van der Waals surface area contributed by atoms with Gasteiger partial charge in [-0.3, -0.25) is 14.7 Å². The summed E-state index contributed by atoms with van der Waals surface area (Å²) in [6.45, 7) is 34.7. The highest BCUT2D eigenvalue weighted by Crippen LogP contribution is 2.49. The SMILES string of the molecule is CC(CN1CC1C)OC(=O)NC1CC(C)(C)CC(C)(Cn2c(=O)n(CC3(C)CC(NC(=O)OCCN4CC4C)CC(C)(C)C3)c(=O)n(CC3(C)CC(NC(=O)OC(C)CN4CC4C)CC(C)(C)C3)c2=O)C1. The molecule has 4 heterocycles. The lowest BCUT2D eigenvalue weighted by molar-refractivity contribution is 0.0370. The Balaban J connectivity index is 1.17. The fourth-order valence-corrected chi connectivity index (χ4v) is 14.5. The van der Waals surface area contributed by atoms with Gasteiger partial charge in [0.15, 0.2) is 0 Å². The van der Waals surface area contributed by atoms with Crippen molar-refractivity contribution >= 4 is 18.3 Å². The van der Waals surface area contributed by atoms with Crippen LogP contribution in [0.15, 0.2) is 14.4 Å². The van der Waals surface area contributed by atoms with Gasteiger partial charge in [0.25, 0.3) is 0 Å². The number of rotatable bonds is 18. The quantitative estimate of drug-likeness (QED) is 0.115. The number of amides is 3. The second kappa shape index (κ2) is 20.4. The zero-order chi connectivity index (χ0) is 52.2. The van der Waals surface area contributed by atoms with Gasteiger partial charge in [0.2, 0.25) is 0 Å². The van der Waals surface area contributed by atoms with Crippen LogP contribution in [0.2, 0.25) is 0 Å². The second-order valence-corrected chi connectivity index (χ2v) is 27.3. The molecule has 14 atom stereocenters. The largest absolute Gasteiger partial charge is 0.448 e. The minimum absolute atomic E-state index is 0.0336. The summed E-state index contributed by atoms with van der Waals surface area (Å²) >= 11 is 0. The third-order valence-electron chi connectivity index (χ3n) is 16.5. The number of nitrogens with zero attached hydrogens (tertiary/aromatic N) is 6. The summed E-state index contributed by atoms with van der Waals surface area (Å²) in [6, 6.07) is 0.668. The zero-order valence-corrected chi connectivity index (χ0v) is 45.9. The number of alkyl carbamates (subject to hydrolysis) is 3. The number of hydrogen-bond donors (Lipinski definition) is 3. The average molecular weight is 998 g/mol. The topological polar surface area (TPSA) is 190 Å². The van der Waals surface area contributed by atoms with Crippen LogP contribution in [0.25, 0.3) is 0 Å². The number of hydrogen-bond acceptors (Lipinski definition) is 12. The van der Waals surface area contributed by atoms with Gasteiger partial charge in [0.1, 0.15) is 18.8 Å². The van der Waals surface area contributed by atoms with Crippen molar-refractivity contribution < 1.29 is 28.6 Å². The van der Waals surface area contributed by atoms with E-state index in [2.05, 4.69) is 114 Å². The highest BCUT2D eigenvalue weighted by atomic mass is 16.6. The standard InChI is InChI=1S/C53H91N9O9/c1-34-23-57(34)15-16-69-42(63)54-39-17-48(6,7)28-51(12,20-39)31-60-45(66)61(32-52(13)21-40(18-49(8,9)29-52)55-43(64)70-37(4)26-58-24-35(58)2)47(68)62(46(60)67)33-53(14)22-41(19-50(10,11)30-53)56-44(65)71-38(5)27-59-25-36(59)3/h34-41H,15-33H2,1-14H3,(H,54,63)(H,55,64)(H,56,65). The lowest BCUT2D eigenvalue weighted by Crippen LogP contribution is -2.60. The number of carbonyl (C=O) groups is 3. The van der Waals surface area contributed by atoms with Crippen molar-refractivity contribution in [2.24, 2.45) is 32.5 Å². The summed E-state index contributed by atoms with van der Waals surface area (Å²) in [6.07, 6.45) is 3.55. The number of ether oxygens (including phenoxy) is 3. The van der Waals surface area contributed by atoms with Crippen molar-refractivity contribution in [3.8, 4) is 0 Å². The summed E-state index contributed by atoms with van der Waals surface area (Å²) in [5.74, 6) is 0. The molecule has 6 aliphatic rings. The van der Waals surface area contributed by atoms with Crippen LogP contribution >= 0.6 is 0 Å². The highest BCUT2D eigenvalue weighted by molar-refractivity contribution is 5.68. The Kier molecular flexibility index (Phi) is 15.8. The normalized spacial score (nSPS) is 36.3. The maximum Gasteiger partial charge on any atom is 0.407 e. The Bertz CT molecular complexity index is 2190. The van der Waals surface area contributed by atoms with Gasteiger partial charge in [0, 0.05) is 95.2 Å². The Hall–Kier alpha value is -3.90. The monoisotopic (exact) mass is 998 g/mol. The Labute approximate surface area is 422 Å². The first kappa shape index (κ1) is 54.9. The fraction of sp³-hybridized carbons (Fsp3) is 0.887. The van der Waals surface area contributed by atoms with E-state index in [1.54, 1.807) is 0 Å². The van der Waals surface area contributed by atoms with E-state index in [0.29, 0.717) is 102 Å². The van der Waals surface area contributed by atoms with Crippen LogP contribution in [0.4, 0.5) is 14.4 Å². The third kappa shape index (κ3) is 14.9. The molecule has 3 aliphatic carbocycles. The maximum atomic E-state index is 15.2. The van der Waals surface area contributed by atoms with Crippen LogP contribution in [0.3, 0.4) is 0 Å². The summed E-state index contributed by atoms with van der Waals surface area (Å²) < 4.78 is 21.0. The molecule has 3 saturated carbocycles. The van der Waals surface area contributed by atoms with E-state index in [0.717, 1.165) is 19.6 Å². The van der Waals surface area contributed by atoms with Crippen LogP contribution in [0.1, 0.15) is 155 Å². The van der Waals surface area contributed by atoms with Gasteiger partial charge in [-0.1, -0.05) is 62.3 Å². The molecule has 18 nitrogen and oxygen atoms in total. The summed E-state index contributed by atoms with van der Waals surface area (Å²) in [5, 5.41) is 9.38. The van der Waals surface area contributed by atoms with Crippen LogP contribution < -0.4 is 33.0 Å². The van der Waals surface area contributed by atoms with Crippen LogP contribution in [0, 0.1) is 32.5 Å².